The van der Waals surface area contributed by atoms with Gasteiger partial charge in [-0.3, -0.25) is 4.79 Å². The summed E-state index contributed by atoms with van der Waals surface area (Å²) < 4.78 is 5.54. The molecule has 2 N–H and O–H groups in total. The van der Waals surface area contributed by atoms with E-state index in [2.05, 4.69) is 48.7 Å². The molecule has 2 rings (SSSR count). The number of amides is 1. The summed E-state index contributed by atoms with van der Waals surface area (Å²) in [6, 6.07) is 8.47. The minimum Gasteiger partial charge on any atom is -0.368 e. The van der Waals surface area contributed by atoms with Crippen LogP contribution in [0, 0.1) is 6.92 Å². The SMILES string of the molecule is COC1(C(=O)NCC(C)c2ccc(C)cc2)CCNCC1. The van der Waals surface area contributed by atoms with Crippen molar-refractivity contribution in [3.8, 4) is 0 Å². The molecule has 0 bridgehead atoms. The van der Waals surface area contributed by atoms with Gasteiger partial charge < -0.3 is 15.4 Å². The number of nitrogens with one attached hydrogen (secondary N) is 2. The van der Waals surface area contributed by atoms with Crippen LogP contribution in [0.4, 0.5) is 0 Å². The fraction of sp³-hybridized carbons (Fsp3) is 0.588. The minimum atomic E-state index is -0.655. The Bertz CT molecular complexity index is 464. The van der Waals surface area contributed by atoms with Crippen LogP contribution in [0.5, 0.6) is 0 Å². The maximum atomic E-state index is 12.5. The number of ether oxygens (including phenoxy) is 1. The van der Waals surface area contributed by atoms with Crippen molar-refractivity contribution in [1.29, 1.82) is 0 Å². The van der Waals surface area contributed by atoms with Crippen molar-refractivity contribution in [3.63, 3.8) is 0 Å². The van der Waals surface area contributed by atoms with Crippen molar-refractivity contribution in [1.82, 2.24) is 10.6 Å². The van der Waals surface area contributed by atoms with Crippen LogP contribution in [0.1, 0.15) is 36.8 Å². The smallest absolute Gasteiger partial charge is 0.252 e. The minimum absolute atomic E-state index is 0.0189. The summed E-state index contributed by atoms with van der Waals surface area (Å²) in [4.78, 5) is 12.5. The second-order valence-electron chi connectivity index (χ2n) is 5.97. The lowest BCUT2D eigenvalue weighted by Crippen LogP contribution is -2.54. The summed E-state index contributed by atoms with van der Waals surface area (Å²) in [5, 5.41) is 6.33. The Morgan fingerprint density at radius 2 is 1.95 bits per heavy atom. The Kier molecular flexibility index (Phi) is 5.37. The van der Waals surface area contributed by atoms with E-state index in [1.807, 2.05) is 0 Å². The Balaban J connectivity index is 1.92. The van der Waals surface area contributed by atoms with Gasteiger partial charge in [0.1, 0.15) is 5.60 Å². The Morgan fingerprint density at radius 3 is 2.52 bits per heavy atom. The Morgan fingerprint density at radius 1 is 1.33 bits per heavy atom. The number of benzene rings is 1. The molecule has 0 aromatic heterocycles. The van der Waals surface area contributed by atoms with Gasteiger partial charge in [-0.15, -0.1) is 0 Å². The molecule has 0 spiro atoms. The standard InChI is InChI=1S/C17H26N2O2/c1-13-4-6-15(7-5-13)14(2)12-19-16(20)17(21-3)8-10-18-11-9-17/h4-7,14,18H,8-12H2,1-3H3,(H,19,20). The third kappa shape index (κ3) is 3.83. The highest BCUT2D eigenvalue weighted by molar-refractivity contribution is 5.85. The van der Waals surface area contributed by atoms with Gasteiger partial charge in [0.15, 0.2) is 0 Å². The largest absolute Gasteiger partial charge is 0.368 e. The molecular weight excluding hydrogens is 264 g/mol. The van der Waals surface area contributed by atoms with Gasteiger partial charge in [0, 0.05) is 13.7 Å². The molecule has 0 radical (unpaired) electrons. The molecule has 1 aliphatic rings. The van der Waals surface area contributed by atoms with Gasteiger partial charge in [0.2, 0.25) is 0 Å². The number of piperidine rings is 1. The molecule has 1 atom stereocenters. The molecule has 1 saturated heterocycles. The summed E-state index contributed by atoms with van der Waals surface area (Å²) in [7, 11) is 1.63. The van der Waals surface area contributed by atoms with Crippen LogP contribution in [0.15, 0.2) is 24.3 Å². The fourth-order valence-corrected chi connectivity index (χ4v) is 2.77. The van der Waals surface area contributed by atoms with Crippen LogP contribution in [0.25, 0.3) is 0 Å². The lowest BCUT2D eigenvalue weighted by atomic mass is 9.90. The summed E-state index contributed by atoms with van der Waals surface area (Å²) >= 11 is 0. The molecule has 4 nitrogen and oxygen atoms in total. The van der Waals surface area contributed by atoms with Crippen molar-refractivity contribution in [2.45, 2.75) is 38.2 Å². The van der Waals surface area contributed by atoms with Crippen LogP contribution in [0.2, 0.25) is 0 Å². The van der Waals surface area contributed by atoms with Crippen LogP contribution in [-0.4, -0.2) is 38.3 Å². The summed E-state index contributed by atoms with van der Waals surface area (Å²) in [6.45, 7) is 6.51. The molecule has 21 heavy (non-hydrogen) atoms. The third-order valence-corrected chi connectivity index (χ3v) is 4.43. The zero-order valence-electron chi connectivity index (χ0n) is 13.2. The molecule has 1 fully saturated rings. The Hall–Kier alpha value is -1.39. The lowest BCUT2D eigenvalue weighted by Gasteiger charge is -2.35. The zero-order valence-corrected chi connectivity index (χ0v) is 13.2. The van der Waals surface area contributed by atoms with Crippen molar-refractivity contribution in [2.24, 2.45) is 0 Å². The second kappa shape index (κ2) is 7.05. The van der Waals surface area contributed by atoms with Crippen LogP contribution in [-0.2, 0) is 9.53 Å². The first-order valence-electron chi connectivity index (χ1n) is 7.68. The summed E-state index contributed by atoms with van der Waals surface area (Å²) in [6.07, 6.45) is 1.46. The molecule has 1 aliphatic heterocycles. The highest BCUT2D eigenvalue weighted by Crippen LogP contribution is 2.23. The van der Waals surface area contributed by atoms with Crippen LogP contribution >= 0.6 is 0 Å². The maximum absolute atomic E-state index is 12.5. The quantitative estimate of drug-likeness (QED) is 0.872. The predicted octanol–water partition coefficient (Wildman–Crippen LogP) is 1.98. The van der Waals surface area contributed by atoms with Crippen LogP contribution < -0.4 is 10.6 Å². The Labute approximate surface area is 127 Å². The average molecular weight is 290 g/mol. The molecule has 1 aromatic rings. The van der Waals surface area contributed by atoms with Gasteiger partial charge in [-0.2, -0.15) is 0 Å². The van der Waals surface area contributed by atoms with Gasteiger partial charge in [-0.25, -0.2) is 0 Å². The number of carbonyl (C=O) groups excluding carboxylic acids is 1. The average Bonchev–Trinajstić information content (AvgIpc) is 2.53. The van der Waals surface area contributed by atoms with Gasteiger partial charge in [-0.1, -0.05) is 36.8 Å². The van der Waals surface area contributed by atoms with E-state index < -0.39 is 5.60 Å². The molecule has 1 heterocycles. The fourth-order valence-electron chi connectivity index (χ4n) is 2.77. The second-order valence-corrected chi connectivity index (χ2v) is 5.97. The van der Waals surface area contributed by atoms with Gasteiger partial charge in [0.05, 0.1) is 0 Å². The van der Waals surface area contributed by atoms with Gasteiger partial charge in [0.25, 0.3) is 5.91 Å². The number of rotatable bonds is 5. The molecule has 0 saturated carbocycles. The number of carbonyl (C=O) groups is 1. The van der Waals surface area contributed by atoms with E-state index in [1.165, 1.54) is 11.1 Å². The van der Waals surface area contributed by atoms with Gasteiger partial charge >= 0.3 is 0 Å². The van der Waals surface area contributed by atoms with E-state index in [-0.39, 0.29) is 5.91 Å². The topological polar surface area (TPSA) is 50.4 Å². The third-order valence-electron chi connectivity index (χ3n) is 4.43. The zero-order chi connectivity index (χ0) is 15.3. The van der Waals surface area contributed by atoms with E-state index in [0.29, 0.717) is 12.5 Å². The number of hydrogen-bond acceptors (Lipinski definition) is 3. The van der Waals surface area contributed by atoms with E-state index in [0.717, 1.165) is 25.9 Å². The molecule has 0 aliphatic carbocycles. The maximum Gasteiger partial charge on any atom is 0.252 e. The monoisotopic (exact) mass is 290 g/mol. The van der Waals surface area contributed by atoms with Crippen molar-refractivity contribution in [3.05, 3.63) is 35.4 Å². The van der Waals surface area contributed by atoms with Crippen LogP contribution in [0.3, 0.4) is 0 Å². The molecule has 116 valence electrons. The highest BCUT2D eigenvalue weighted by atomic mass is 16.5. The number of aryl methyl sites for hydroxylation is 1. The molecular formula is C17H26N2O2. The molecule has 1 unspecified atom stereocenters. The number of methoxy groups -OCH3 is 1. The molecule has 4 heteroatoms. The first-order chi connectivity index (χ1) is 10.1. The van der Waals surface area contributed by atoms with Crippen molar-refractivity contribution in [2.75, 3.05) is 26.7 Å². The predicted molar refractivity (Wildman–Crippen MR) is 84.4 cm³/mol. The van der Waals surface area contributed by atoms with Crippen molar-refractivity contribution >= 4 is 5.91 Å². The van der Waals surface area contributed by atoms with E-state index in [1.54, 1.807) is 7.11 Å². The first-order valence-corrected chi connectivity index (χ1v) is 7.68. The van der Waals surface area contributed by atoms with Crippen molar-refractivity contribution < 1.29 is 9.53 Å². The normalized spacial score (nSPS) is 19.0. The summed E-state index contributed by atoms with van der Waals surface area (Å²) in [5.41, 5.74) is 1.85. The van der Waals surface area contributed by atoms with E-state index >= 15 is 0 Å². The lowest BCUT2D eigenvalue weighted by molar-refractivity contribution is -0.146. The number of hydrogen-bond donors (Lipinski definition) is 2. The van der Waals surface area contributed by atoms with E-state index in [4.69, 9.17) is 4.74 Å². The highest BCUT2D eigenvalue weighted by Gasteiger charge is 2.39. The molecule has 1 amide bonds. The first kappa shape index (κ1) is 16.0. The molecule has 1 aromatic carbocycles. The summed E-state index contributed by atoms with van der Waals surface area (Å²) in [5.74, 6) is 0.315. The van der Waals surface area contributed by atoms with Gasteiger partial charge in [-0.05, 0) is 44.3 Å². The van der Waals surface area contributed by atoms with E-state index in [9.17, 15) is 4.79 Å².